The molecule has 0 spiro atoms. The van der Waals surface area contributed by atoms with Gasteiger partial charge in [0.25, 0.3) is 0 Å². The summed E-state index contributed by atoms with van der Waals surface area (Å²) in [5.41, 5.74) is 6.26. The van der Waals surface area contributed by atoms with Crippen LogP contribution in [-0.2, 0) is 13.5 Å². The number of hydrogen-bond donors (Lipinski definition) is 1. The molecule has 0 saturated carbocycles. The van der Waals surface area contributed by atoms with Crippen molar-refractivity contribution in [3.05, 3.63) is 81.7 Å². The van der Waals surface area contributed by atoms with Crippen LogP contribution in [0, 0.1) is 13.8 Å². The van der Waals surface area contributed by atoms with E-state index in [-0.39, 0.29) is 5.69 Å². The minimum absolute atomic E-state index is 0.373. The summed E-state index contributed by atoms with van der Waals surface area (Å²) in [5, 5.41) is 14.6. The molecule has 3 aromatic heterocycles. The van der Waals surface area contributed by atoms with Crippen LogP contribution >= 0.6 is 0 Å². The molecule has 5 aromatic rings. The Kier molecular flexibility index (Phi) is 4.43. The molecule has 31 heavy (non-hydrogen) atoms. The summed E-state index contributed by atoms with van der Waals surface area (Å²) < 4.78 is 3.31. The van der Waals surface area contributed by atoms with Crippen molar-refractivity contribution in [2.75, 3.05) is 0 Å². The molecule has 0 bridgehead atoms. The van der Waals surface area contributed by atoms with Crippen LogP contribution in [0.4, 0.5) is 0 Å². The average Bonchev–Trinajstić information content (AvgIpc) is 3.37. The molecule has 0 amide bonds. The fourth-order valence-corrected chi connectivity index (χ4v) is 3.88. The molecule has 0 aliphatic rings. The third kappa shape index (κ3) is 3.29. The Bertz CT molecular complexity index is 1460. The van der Waals surface area contributed by atoms with Crippen molar-refractivity contribution in [3.63, 3.8) is 0 Å². The number of nitrogens with zero attached hydrogens (tertiary/aromatic N) is 7. The van der Waals surface area contributed by atoms with E-state index in [1.165, 1.54) is 0 Å². The largest absolute Gasteiger partial charge is 0.362 e. The van der Waals surface area contributed by atoms with Gasteiger partial charge in [0.2, 0.25) is 0 Å². The molecular weight excluding hydrogens is 392 g/mol. The topological polar surface area (TPSA) is 107 Å². The number of hydrogen-bond acceptors (Lipinski definition) is 6. The molecular formula is C22H20N8O. The second kappa shape index (κ2) is 7.28. The molecule has 154 valence electrons. The molecule has 5 rings (SSSR count). The van der Waals surface area contributed by atoms with E-state index in [1.807, 2.05) is 39.1 Å². The summed E-state index contributed by atoms with van der Waals surface area (Å²) in [6, 6.07) is 16.4. The van der Waals surface area contributed by atoms with Crippen molar-refractivity contribution in [1.29, 1.82) is 0 Å². The van der Waals surface area contributed by atoms with Crippen molar-refractivity contribution in [2.45, 2.75) is 20.3 Å². The molecule has 0 radical (unpaired) electrons. The highest BCUT2D eigenvalue weighted by atomic mass is 16.1. The van der Waals surface area contributed by atoms with Crippen molar-refractivity contribution in [3.8, 4) is 22.5 Å². The van der Waals surface area contributed by atoms with Crippen LogP contribution in [0.25, 0.3) is 28.2 Å². The fourth-order valence-electron chi connectivity index (χ4n) is 3.88. The number of aromatic nitrogens is 8. The molecule has 0 aliphatic carbocycles. The van der Waals surface area contributed by atoms with Gasteiger partial charge in [0.1, 0.15) is 5.82 Å². The molecule has 0 unspecified atom stereocenters. The summed E-state index contributed by atoms with van der Waals surface area (Å²) >= 11 is 0. The molecule has 0 saturated heterocycles. The Morgan fingerprint density at radius 3 is 2.42 bits per heavy atom. The number of rotatable bonds is 4. The minimum atomic E-state index is -0.373. The highest BCUT2D eigenvalue weighted by Gasteiger charge is 2.15. The molecule has 9 nitrogen and oxygen atoms in total. The van der Waals surface area contributed by atoms with Gasteiger partial charge in [0.05, 0.1) is 0 Å². The maximum atomic E-state index is 11.8. The van der Waals surface area contributed by atoms with Crippen LogP contribution in [0.5, 0.6) is 0 Å². The number of aryl methyl sites for hydroxylation is 3. The normalized spacial score (nSPS) is 11.3. The molecule has 0 aliphatic heterocycles. The Morgan fingerprint density at radius 1 is 0.968 bits per heavy atom. The SMILES string of the molecule is Cc1nc(C)n2[nH]c(=O)nc2c1Cc1ccc(-c2ccccc2-c2nnnn2C)cc1. The van der Waals surface area contributed by atoms with E-state index in [0.717, 1.165) is 33.5 Å². The average molecular weight is 412 g/mol. The lowest BCUT2D eigenvalue weighted by atomic mass is 9.96. The number of H-pyrrole nitrogens is 1. The van der Waals surface area contributed by atoms with E-state index in [0.29, 0.717) is 23.7 Å². The van der Waals surface area contributed by atoms with Gasteiger partial charge in [-0.3, -0.25) is 0 Å². The second-order valence-electron chi connectivity index (χ2n) is 7.46. The lowest BCUT2D eigenvalue weighted by molar-refractivity contribution is 0.715. The molecule has 0 atom stereocenters. The Hall–Kier alpha value is -4.14. The minimum Gasteiger partial charge on any atom is -0.244 e. The quantitative estimate of drug-likeness (QED) is 0.486. The zero-order valence-electron chi connectivity index (χ0n) is 17.4. The van der Waals surface area contributed by atoms with Crippen LogP contribution in [0.15, 0.2) is 53.3 Å². The predicted octanol–water partition coefficient (Wildman–Crippen LogP) is 2.48. The maximum Gasteiger partial charge on any atom is 0.362 e. The number of tetrazole rings is 1. The Balaban J connectivity index is 1.51. The first-order valence-electron chi connectivity index (χ1n) is 9.87. The van der Waals surface area contributed by atoms with Crippen molar-refractivity contribution >= 4 is 5.65 Å². The van der Waals surface area contributed by atoms with E-state index in [2.05, 4.69) is 60.9 Å². The smallest absolute Gasteiger partial charge is 0.244 e. The zero-order chi connectivity index (χ0) is 21.5. The summed E-state index contributed by atoms with van der Waals surface area (Å²) in [6.45, 7) is 3.79. The van der Waals surface area contributed by atoms with Gasteiger partial charge in [-0.25, -0.2) is 24.1 Å². The molecule has 1 N–H and O–H groups in total. The molecule has 3 heterocycles. The van der Waals surface area contributed by atoms with Crippen molar-refractivity contribution in [2.24, 2.45) is 7.05 Å². The van der Waals surface area contributed by atoms with Gasteiger partial charge in [0.15, 0.2) is 11.5 Å². The fraction of sp³-hybridized carbons (Fsp3) is 0.182. The lowest BCUT2D eigenvalue weighted by Gasteiger charge is -2.11. The van der Waals surface area contributed by atoms with Crippen LogP contribution in [0.2, 0.25) is 0 Å². The monoisotopic (exact) mass is 412 g/mol. The van der Waals surface area contributed by atoms with E-state index >= 15 is 0 Å². The van der Waals surface area contributed by atoms with E-state index in [4.69, 9.17) is 0 Å². The summed E-state index contributed by atoms with van der Waals surface area (Å²) in [5.74, 6) is 1.42. The second-order valence-corrected chi connectivity index (χ2v) is 7.46. The third-order valence-corrected chi connectivity index (χ3v) is 5.42. The highest BCUT2D eigenvalue weighted by molar-refractivity contribution is 5.80. The van der Waals surface area contributed by atoms with Crippen molar-refractivity contribution in [1.82, 2.24) is 39.8 Å². The van der Waals surface area contributed by atoms with E-state index in [9.17, 15) is 4.79 Å². The Labute approximate surface area is 177 Å². The highest BCUT2D eigenvalue weighted by Crippen LogP contribution is 2.30. The van der Waals surface area contributed by atoms with Gasteiger partial charge in [-0.15, -0.1) is 5.10 Å². The van der Waals surface area contributed by atoms with Gasteiger partial charge < -0.3 is 0 Å². The van der Waals surface area contributed by atoms with Crippen LogP contribution in [0.1, 0.15) is 22.6 Å². The van der Waals surface area contributed by atoms with Gasteiger partial charge in [-0.2, -0.15) is 4.98 Å². The Morgan fingerprint density at radius 2 is 1.71 bits per heavy atom. The maximum absolute atomic E-state index is 11.8. The van der Waals surface area contributed by atoms with E-state index < -0.39 is 0 Å². The number of nitrogens with one attached hydrogen (secondary N) is 1. The van der Waals surface area contributed by atoms with Crippen LogP contribution in [0.3, 0.4) is 0 Å². The lowest BCUT2D eigenvalue weighted by Crippen LogP contribution is -2.06. The first kappa shape index (κ1) is 18.9. The standard InChI is InChI=1S/C22H20N8O/c1-13-19(20-24-22(31)26-30(20)14(2)23-13)12-15-8-10-16(11-9-15)17-6-4-5-7-18(17)21-25-27-28-29(21)3/h4-11H,12H2,1-3H3,(H,26,31). The predicted molar refractivity (Wildman–Crippen MR) is 116 cm³/mol. The molecule has 9 heteroatoms. The van der Waals surface area contributed by atoms with Gasteiger partial charge in [-0.1, -0.05) is 48.5 Å². The number of benzene rings is 2. The van der Waals surface area contributed by atoms with Crippen molar-refractivity contribution < 1.29 is 0 Å². The molecule has 2 aromatic carbocycles. The zero-order valence-corrected chi connectivity index (χ0v) is 17.4. The third-order valence-electron chi connectivity index (χ3n) is 5.42. The van der Waals surface area contributed by atoms with E-state index in [1.54, 1.807) is 9.20 Å². The number of aromatic amines is 1. The summed E-state index contributed by atoms with van der Waals surface area (Å²) in [4.78, 5) is 20.5. The van der Waals surface area contributed by atoms with Gasteiger partial charge in [-0.05, 0) is 41.0 Å². The number of fused-ring (bicyclic) bond motifs is 1. The summed E-state index contributed by atoms with van der Waals surface area (Å²) in [7, 11) is 1.83. The van der Waals surface area contributed by atoms with Crippen LogP contribution < -0.4 is 5.69 Å². The summed E-state index contributed by atoms with van der Waals surface area (Å²) in [6.07, 6.45) is 0.627. The first-order valence-corrected chi connectivity index (χ1v) is 9.87. The molecule has 0 fully saturated rings. The van der Waals surface area contributed by atoms with Gasteiger partial charge >= 0.3 is 5.69 Å². The first-order chi connectivity index (χ1) is 15.0. The van der Waals surface area contributed by atoms with Gasteiger partial charge in [0, 0.05) is 30.3 Å². The van der Waals surface area contributed by atoms with Crippen LogP contribution in [-0.4, -0.2) is 39.8 Å².